The largest absolute Gasteiger partial charge is 0.391 e. The molecule has 0 unspecified atom stereocenters. The fourth-order valence-corrected chi connectivity index (χ4v) is 4.43. The summed E-state index contributed by atoms with van der Waals surface area (Å²) in [6.45, 7) is 8.00. The van der Waals surface area contributed by atoms with Crippen molar-refractivity contribution in [2.45, 2.75) is 32.8 Å². The number of aryl methyl sites for hydroxylation is 2. The van der Waals surface area contributed by atoms with E-state index in [1.54, 1.807) is 12.1 Å². The van der Waals surface area contributed by atoms with Crippen molar-refractivity contribution in [3.05, 3.63) is 88.6 Å². The second kappa shape index (κ2) is 10.2. The van der Waals surface area contributed by atoms with Gasteiger partial charge < -0.3 is 10.0 Å². The van der Waals surface area contributed by atoms with Crippen LogP contribution < -0.4 is 4.90 Å². The molecule has 5 nitrogen and oxygen atoms in total. The number of aromatic nitrogens is 2. The van der Waals surface area contributed by atoms with Gasteiger partial charge in [-0.1, -0.05) is 42.5 Å². The van der Waals surface area contributed by atoms with Gasteiger partial charge in [0.2, 0.25) is 0 Å². The van der Waals surface area contributed by atoms with Crippen LogP contribution in [0.4, 0.5) is 10.2 Å². The zero-order chi connectivity index (χ0) is 22.5. The van der Waals surface area contributed by atoms with Crippen LogP contribution in [0.3, 0.4) is 0 Å². The van der Waals surface area contributed by atoms with Gasteiger partial charge in [-0.15, -0.1) is 0 Å². The lowest BCUT2D eigenvalue weighted by Crippen LogP contribution is -2.49. The van der Waals surface area contributed by atoms with E-state index >= 15 is 0 Å². The minimum absolute atomic E-state index is 0.225. The predicted molar refractivity (Wildman–Crippen MR) is 126 cm³/mol. The van der Waals surface area contributed by atoms with Crippen molar-refractivity contribution in [1.82, 2.24) is 14.9 Å². The molecular weight excluding hydrogens is 403 g/mol. The van der Waals surface area contributed by atoms with Crippen LogP contribution in [-0.2, 0) is 12.8 Å². The topological polar surface area (TPSA) is 52.5 Å². The highest BCUT2D eigenvalue weighted by atomic mass is 19.1. The van der Waals surface area contributed by atoms with E-state index in [1.165, 1.54) is 6.07 Å². The molecule has 1 N–H and O–H groups in total. The van der Waals surface area contributed by atoms with Crippen LogP contribution >= 0.6 is 0 Å². The average Bonchev–Trinajstić information content (AvgIpc) is 2.77. The first-order valence-electron chi connectivity index (χ1n) is 11.3. The number of anilines is 1. The van der Waals surface area contributed by atoms with Crippen molar-refractivity contribution in [2.75, 3.05) is 37.6 Å². The summed E-state index contributed by atoms with van der Waals surface area (Å²) in [4.78, 5) is 14.0. The van der Waals surface area contributed by atoms with Crippen LogP contribution in [0.1, 0.15) is 28.2 Å². The fraction of sp³-hybridized carbons (Fsp3) is 0.385. The Morgan fingerprint density at radius 2 is 1.66 bits per heavy atom. The molecule has 1 fully saturated rings. The summed E-state index contributed by atoms with van der Waals surface area (Å²) in [5.41, 5.74) is 4.08. The van der Waals surface area contributed by atoms with Crippen LogP contribution in [0.25, 0.3) is 0 Å². The molecular formula is C26H31FN4O. The molecule has 0 aliphatic carbocycles. The molecule has 1 saturated heterocycles. The number of aliphatic hydroxyl groups is 1. The maximum absolute atomic E-state index is 13.7. The van der Waals surface area contributed by atoms with Gasteiger partial charge in [-0.25, -0.2) is 14.4 Å². The van der Waals surface area contributed by atoms with Crippen LogP contribution in [0.2, 0.25) is 0 Å². The van der Waals surface area contributed by atoms with Crippen molar-refractivity contribution in [1.29, 1.82) is 0 Å². The van der Waals surface area contributed by atoms with Gasteiger partial charge >= 0.3 is 0 Å². The summed E-state index contributed by atoms with van der Waals surface area (Å²) < 4.78 is 13.7. The Hall–Kier alpha value is -2.83. The third-order valence-corrected chi connectivity index (χ3v) is 6.03. The standard InChI is InChI=1S/C26H31FN4O/c1-19-25(17-22-9-6-10-23(27)15-22)26(29-20(2)28-19)31-13-11-30(12-14-31)18-24(32)16-21-7-4-3-5-8-21/h3-10,15,24,32H,11-14,16-18H2,1-2H3/t24-/m0/s1. The van der Waals surface area contributed by atoms with E-state index < -0.39 is 0 Å². The molecule has 0 bridgehead atoms. The molecule has 32 heavy (non-hydrogen) atoms. The van der Waals surface area contributed by atoms with Gasteiger partial charge in [-0.3, -0.25) is 4.90 Å². The number of rotatable bonds is 7. The number of halogens is 1. The van der Waals surface area contributed by atoms with E-state index in [0.29, 0.717) is 19.4 Å². The molecule has 0 spiro atoms. The summed E-state index contributed by atoms with van der Waals surface area (Å²) in [7, 11) is 0. The summed E-state index contributed by atoms with van der Waals surface area (Å²) in [5.74, 6) is 1.47. The van der Waals surface area contributed by atoms with E-state index in [1.807, 2.05) is 38.1 Å². The van der Waals surface area contributed by atoms with Gasteiger partial charge in [0, 0.05) is 50.4 Å². The van der Waals surface area contributed by atoms with E-state index in [9.17, 15) is 9.50 Å². The van der Waals surface area contributed by atoms with Gasteiger partial charge in [0.1, 0.15) is 17.5 Å². The molecule has 1 aliphatic rings. The molecule has 4 rings (SSSR count). The number of hydrogen-bond donors (Lipinski definition) is 1. The number of benzene rings is 2. The van der Waals surface area contributed by atoms with Crippen molar-refractivity contribution in [3.8, 4) is 0 Å². The highest BCUT2D eigenvalue weighted by molar-refractivity contribution is 5.51. The first-order chi connectivity index (χ1) is 15.5. The van der Waals surface area contributed by atoms with Gasteiger partial charge in [0.05, 0.1) is 6.10 Å². The lowest BCUT2D eigenvalue weighted by atomic mass is 10.0. The van der Waals surface area contributed by atoms with Crippen LogP contribution in [0.15, 0.2) is 54.6 Å². The van der Waals surface area contributed by atoms with Gasteiger partial charge in [0.15, 0.2) is 0 Å². The second-order valence-corrected chi connectivity index (χ2v) is 8.60. The van der Waals surface area contributed by atoms with E-state index in [2.05, 4.69) is 26.9 Å². The second-order valence-electron chi connectivity index (χ2n) is 8.60. The van der Waals surface area contributed by atoms with Gasteiger partial charge in [0.25, 0.3) is 0 Å². The van der Waals surface area contributed by atoms with Crippen LogP contribution in [0, 0.1) is 19.7 Å². The summed E-state index contributed by atoms with van der Waals surface area (Å²) in [6.07, 6.45) is 0.897. The number of hydrogen-bond acceptors (Lipinski definition) is 5. The maximum atomic E-state index is 13.7. The Morgan fingerprint density at radius 3 is 2.38 bits per heavy atom. The molecule has 168 valence electrons. The molecule has 6 heteroatoms. The van der Waals surface area contributed by atoms with Crippen LogP contribution in [0.5, 0.6) is 0 Å². The van der Waals surface area contributed by atoms with Gasteiger partial charge in [-0.2, -0.15) is 0 Å². The molecule has 2 heterocycles. The predicted octanol–water partition coefficient (Wildman–Crippen LogP) is 3.55. The molecule has 1 atom stereocenters. The molecule has 2 aromatic carbocycles. The van der Waals surface area contributed by atoms with Crippen molar-refractivity contribution < 1.29 is 9.50 Å². The fourth-order valence-electron chi connectivity index (χ4n) is 4.43. The van der Waals surface area contributed by atoms with E-state index in [-0.39, 0.29) is 11.9 Å². The minimum atomic E-state index is -0.379. The van der Waals surface area contributed by atoms with Gasteiger partial charge in [-0.05, 0) is 43.5 Å². The van der Waals surface area contributed by atoms with E-state index in [4.69, 9.17) is 4.98 Å². The number of nitrogens with zero attached hydrogens (tertiary/aromatic N) is 4. The lowest BCUT2D eigenvalue weighted by Gasteiger charge is -2.37. The number of piperazine rings is 1. The molecule has 0 saturated carbocycles. The molecule has 3 aromatic rings. The third-order valence-electron chi connectivity index (χ3n) is 6.03. The Kier molecular flexibility index (Phi) is 7.12. The number of β-amino-alcohol motifs (C(OH)–C–C–N with tert-alkyl or cyclic N) is 1. The van der Waals surface area contributed by atoms with Crippen molar-refractivity contribution in [2.24, 2.45) is 0 Å². The molecule has 1 aliphatic heterocycles. The monoisotopic (exact) mass is 434 g/mol. The van der Waals surface area contributed by atoms with E-state index in [0.717, 1.165) is 60.2 Å². The smallest absolute Gasteiger partial charge is 0.136 e. The lowest BCUT2D eigenvalue weighted by molar-refractivity contribution is 0.109. The zero-order valence-corrected chi connectivity index (χ0v) is 18.8. The Bertz CT molecular complexity index is 1040. The molecule has 0 radical (unpaired) electrons. The SMILES string of the molecule is Cc1nc(C)c(Cc2cccc(F)c2)c(N2CCN(C[C@@H](O)Cc3ccccc3)CC2)n1. The Morgan fingerprint density at radius 1 is 0.938 bits per heavy atom. The number of aliphatic hydroxyl groups excluding tert-OH is 1. The normalized spacial score (nSPS) is 15.7. The molecule has 0 amide bonds. The first kappa shape index (κ1) is 22.4. The van der Waals surface area contributed by atoms with Crippen molar-refractivity contribution >= 4 is 5.82 Å². The third kappa shape index (κ3) is 5.69. The summed E-state index contributed by atoms with van der Waals surface area (Å²) in [6, 6.07) is 16.9. The maximum Gasteiger partial charge on any atom is 0.136 e. The highest BCUT2D eigenvalue weighted by Gasteiger charge is 2.23. The summed E-state index contributed by atoms with van der Waals surface area (Å²) >= 11 is 0. The highest BCUT2D eigenvalue weighted by Crippen LogP contribution is 2.25. The Balaban J connectivity index is 1.41. The zero-order valence-electron chi connectivity index (χ0n) is 18.8. The quantitative estimate of drug-likeness (QED) is 0.616. The van der Waals surface area contributed by atoms with Crippen molar-refractivity contribution in [3.63, 3.8) is 0 Å². The minimum Gasteiger partial charge on any atom is -0.391 e. The summed E-state index contributed by atoms with van der Waals surface area (Å²) in [5, 5.41) is 10.5. The van der Waals surface area contributed by atoms with Crippen LogP contribution in [-0.4, -0.2) is 58.8 Å². The Labute approximate surface area is 189 Å². The average molecular weight is 435 g/mol. The first-order valence-corrected chi connectivity index (χ1v) is 11.3. The molecule has 1 aromatic heterocycles.